The van der Waals surface area contributed by atoms with Gasteiger partial charge in [0.1, 0.15) is 0 Å². The molecule has 0 heterocycles. The summed E-state index contributed by atoms with van der Waals surface area (Å²) in [5.74, 6) is 0. The SMILES string of the molecule is CCC[C@@H](OC)c1ccc(N)cc1. The fraction of sp³-hybridized carbons (Fsp3) is 0.455. The summed E-state index contributed by atoms with van der Waals surface area (Å²) in [4.78, 5) is 0. The van der Waals surface area contributed by atoms with Crippen molar-refractivity contribution in [1.29, 1.82) is 0 Å². The standard InChI is InChI=1S/C11H17NO/c1-3-4-11(13-2)9-5-7-10(12)8-6-9/h5-8,11H,3-4,12H2,1-2H3/t11-/m1/s1. The number of rotatable bonds is 4. The molecule has 0 aromatic heterocycles. The summed E-state index contributed by atoms with van der Waals surface area (Å²) in [6, 6.07) is 7.88. The Hall–Kier alpha value is -1.02. The zero-order chi connectivity index (χ0) is 9.68. The molecule has 0 aliphatic carbocycles. The summed E-state index contributed by atoms with van der Waals surface area (Å²) in [6.07, 6.45) is 2.40. The molecule has 0 unspecified atom stereocenters. The van der Waals surface area contributed by atoms with E-state index in [-0.39, 0.29) is 6.10 Å². The predicted octanol–water partition coefficient (Wildman–Crippen LogP) is 2.76. The third-order valence-corrected chi connectivity index (χ3v) is 2.14. The molecule has 1 rings (SSSR count). The van der Waals surface area contributed by atoms with Crippen LogP contribution in [0.3, 0.4) is 0 Å². The summed E-state index contributed by atoms with van der Waals surface area (Å²) >= 11 is 0. The number of anilines is 1. The van der Waals surface area contributed by atoms with Crippen molar-refractivity contribution in [2.75, 3.05) is 12.8 Å². The van der Waals surface area contributed by atoms with Crippen molar-refractivity contribution in [1.82, 2.24) is 0 Å². The highest BCUT2D eigenvalue weighted by molar-refractivity contribution is 5.39. The van der Waals surface area contributed by atoms with Crippen LogP contribution in [0.2, 0.25) is 0 Å². The maximum Gasteiger partial charge on any atom is 0.0821 e. The fourth-order valence-corrected chi connectivity index (χ4v) is 1.39. The lowest BCUT2D eigenvalue weighted by atomic mass is 10.1. The van der Waals surface area contributed by atoms with Crippen LogP contribution in [-0.4, -0.2) is 7.11 Å². The third kappa shape index (κ3) is 2.74. The van der Waals surface area contributed by atoms with Gasteiger partial charge in [0, 0.05) is 12.8 Å². The molecule has 2 heteroatoms. The zero-order valence-corrected chi connectivity index (χ0v) is 8.29. The van der Waals surface area contributed by atoms with Gasteiger partial charge in [-0.05, 0) is 24.1 Å². The van der Waals surface area contributed by atoms with Crippen molar-refractivity contribution in [3.63, 3.8) is 0 Å². The number of benzene rings is 1. The van der Waals surface area contributed by atoms with E-state index in [1.54, 1.807) is 7.11 Å². The first-order valence-corrected chi connectivity index (χ1v) is 4.66. The minimum Gasteiger partial charge on any atom is -0.399 e. The van der Waals surface area contributed by atoms with E-state index < -0.39 is 0 Å². The van der Waals surface area contributed by atoms with Crippen molar-refractivity contribution in [2.24, 2.45) is 0 Å². The first-order chi connectivity index (χ1) is 6.27. The highest BCUT2D eigenvalue weighted by Crippen LogP contribution is 2.22. The molecular formula is C11H17NO. The number of hydrogen-bond donors (Lipinski definition) is 1. The van der Waals surface area contributed by atoms with Crippen LogP contribution in [0, 0.1) is 0 Å². The molecule has 72 valence electrons. The summed E-state index contributed by atoms with van der Waals surface area (Å²) in [5, 5.41) is 0. The molecule has 0 saturated heterocycles. The largest absolute Gasteiger partial charge is 0.399 e. The second-order valence-corrected chi connectivity index (χ2v) is 3.18. The molecule has 0 saturated carbocycles. The van der Waals surface area contributed by atoms with Gasteiger partial charge in [0.2, 0.25) is 0 Å². The van der Waals surface area contributed by atoms with Gasteiger partial charge in [-0.3, -0.25) is 0 Å². The van der Waals surface area contributed by atoms with Crippen LogP contribution in [0.1, 0.15) is 31.4 Å². The molecule has 0 spiro atoms. The highest BCUT2D eigenvalue weighted by atomic mass is 16.5. The zero-order valence-electron chi connectivity index (χ0n) is 8.29. The smallest absolute Gasteiger partial charge is 0.0821 e. The topological polar surface area (TPSA) is 35.2 Å². The van der Waals surface area contributed by atoms with Crippen LogP contribution in [0.4, 0.5) is 5.69 Å². The van der Waals surface area contributed by atoms with Gasteiger partial charge in [0.05, 0.1) is 6.10 Å². The molecule has 13 heavy (non-hydrogen) atoms. The number of methoxy groups -OCH3 is 1. The normalized spacial score (nSPS) is 12.8. The summed E-state index contributed by atoms with van der Waals surface area (Å²) < 4.78 is 5.38. The van der Waals surface area contributed by atoms with Crippen LogP contribution in [0.15, 0.2) is 24.3 Å². The number of ether oxygens (including phenoxy) is 1. The molecule has 0 aliphatic heterocycles. The van der Waals surface area contributed by atoms with E-state index >= 15 is 0 Å². The molecule has 0 aliphatic rings. The van der Waals surface area contributed by atoms with Gasteiger partial charge < -0.3 is 10.5 Å². The van der Waals surface area contributed by atoms with E-state index in [1.165, 1.54) is 5.56 Å². The van der Waals surface area contributed by atoms with Crippen LogP contribution >= 0.6 is 0 Å². The molecule has 0 bridgehead atoms. The number of nitrogen functional groups attached to an aromatic ring is 1. The van der Waals surface area contributed by atoms with Crippen molar-refractivity contribution < 1.29 is 4.74 Å². The van der Waals surface area contributed by atoms with Gasteiger partial charge in [-0.15, -0.1) is 0 Å². The van der Waals surface area contributed by atoms with E-state index in [9.17, 15) is 0 Å². The Morgan fingerprint density at radius 2 is 1.92 bits per heavy atom. The maximum atomic E-state index is 5.60. The lowest BCUT2D eigenvalue weighted by Crippen LogP contribution is -2.00. The molecule has 1 aromatic rings. The van der Waals surface area contributed by atoms with Gasteiger partial charge in [0.15, 0.2) is 0 Å². The van der Waals surface area contributed by atoms with Crippen LogP contribution in [-0.2, 0) is 4.74 Å². The van der Waals surface area contributed by atoms with Crippen molar-refractivity contribution in [3.05, 3.63) is 29.8 Å². The van der Waals surface area contributed by atoms with Gasteiger partial charge in [-0.2, -0.15) is 0 Å². The maximum absolute atomic E-state index is 5.60. The molecule has 2 nitrogen and oxygen atoms in total. The quantitative estimate of drug-likeness (QED) is 0.721. The minimum absolute atomic E-state index is 0.214. The summed E-state index contributed by atoms with van der Waals surface area (Å²) in [7, 11) is 1.75. The van der Waals surface area contributed by atoms with E-state index in [0.717, 1.165) is 18.5 Å². The highest BCUT2D eigenvalue weighted by Gasteiger charge is 2.07. The Labute approximate surface area is 79.7 Å². The van der Waals surface area contributed by atoms with Gasteiger partial charge in [-0.1, -0.05) is 25.5 Å². The van der Waals surface area contributed by atoms with Crippen molar-refractivity contribution in [2.45, 2.75) is 25.9 Å². The summed E-state index contributed by atoms with van der Waals surface area (Å²) in [5.41, 5.74) is 7.61. The Morgan fingerprint density at radius 3 is 2.38 bits per heavy atom. The average molecular weight is 179 g/mol. The lowest BCUT2D eigenvalue weighted by Gasteiger charge is -2.14. The van der Waals surface area contributed by atoms with Crippen LogP contribution < -0.4 is 5.73 Å². The summed E-state index contributed by atoms with van der Waals surface area (Å²) in [6.45, 7) is 2.16. The van der Waals surface area contributed by atoms with Gasteiger partial charge in [-0.25, -0.2) is 0 Å². The monoisotopic (exact) mass is 179 g/mol. The second-order valence-electron chi connectivity index (χ2n) is 3.18. The Kier molecular flexibility index (Phi) is 3.77. The Bertz CT molecular complexity index is 243. The van der Waals surface area contributed by atoms with Crippen molar-refractivity contribution >= 4 is 5.69 Å². The van der Waals surface area contributed by atoms with E-state index in [1.807, 2.05) is 24.3 Å². The van der Waals surface area contributed by atoms with Crippen molar-refractivity contribution in [3.8, 4) is 0 Å². The minimum atomic E-state index is 0.214. The van der Waals surface area contributed by atoms with Gasteiger partial charge >= 0.3 is 0 Å². The molecule has 0 radical (unpaired) electrons. The average Bonchev–Trinajstić information content (AvgIpc) is 2.16. The van der Waals surface area contributed by atoms with Gasteiger partial charge in [0.25, 0.3) is 0 Å². The molecular weight excluding hydrogens is 162 g/mol. The second kappa shape index (κ2) is 4.87. The predicted molar refractivity (Wildman–Crippen MR) is 55.5 cm³/mol. The van der Waals surface area contributed by atoms with E-state index in [0.29, 0.717) is 0 Å². The van der Waals surface area contributed by atoms with Crippen LogP contribution in [0.25, 0.3) is 0 Å². The van der Waals surface area contributed by atoms with E-state index in [4.69, 9.17) is 10.5 Å². The molecule has 0 fully saturated rings. The third-order valence-electron chi connectivity index (χ3n) is 2.14. The fourth-order valence-electron chi connectivity index (χ4n) is 1.39. The molecule has 2 N–H and O–H groups in total. The lowest BCUT2D eigenvalue weighted by molar-refractivity contribution is 0.0950. The first kappa shape index (κ1) is 10.1. The van der Waals surface area contributed by atoms with Crippen LogP contribution in [0.5, 0.6) is 0 Å². The number of nitrogens with two attached hydrogens (primary N) is 1. The Balaban J connectivity index is 2.73. The first-order valence-electron chi connectivity index (χ1n) is 4.66. The number of hydrogen-bond acceptors (Lipinski definition) is 2. The van der Waals surface area contributed by atoms with E-state index in [2.05, 4.69) is 6.92 Å². The molecule has 0 amide bonds. The Morgan fingerprint density at radius 1 is 1.31 bits per heavy atom. The molecule has 1 atom stereocenters. The molecule has 1 aromatic carbocycles.